The molecule has 0 atom stereocenters. The van der Waals surface area contributed by atoms with Crippen molar-refractivity contribution in [1.29, 1.82) is 0 Å². The second-order valence-electron chi connectivity index (χ2n) is 5.84. The van der Waals surface area contributed by atoms with Crippen molar-refractivity contribution in [3.8, 4) is 0 Å². The van der Waals surface area contributed by atoms with Crippen LogP contribution in [0.4, 0.5) is 4.79 Å². The van der Waals surface area contributed by atoms with Gasteiger partial charge in [-0.3, -0.25) is 0 Å². The lowest BCUT2D eigenvalue weighted by molar-refractivity contribution is 0.0116. The van der Waals surface area contributed by atoms with Gasteiger partial charge in [0, 0.05) is 25.2 Å². The number of alkyl carbamates (subject to hydrolysis) is 1. The molecule has 0 saturated carbocycles. The molecule has 7 heteroatoms. The molecular formula is C15H32N2O5. The monoisotopic (exact) mass is 320 g/mol. The molecular weight excluding hydrogens is 288 g/mol. The SMILES string of the molecule is CC(C)(C)NC(=O)OCCCOCCOCCOCCCN. The molecule has 0 aromatic heterocycles. The first-order chi connectivity index (χ1) is 10.5. The third kappa shape index (κ3) is 17.2. The van der Waals surface area contributed by atoms with Crippen molar-refractivity contribution in [3.05, 3.63) is 0 Å². The van der Waals surface area contributed by atoms with Crippen LogP contribution in [0, 0.1) is 0 Å². The zero-order valence-electron chi connectivity index (χ0n) is 14.2. The van der Waals surface area contributed by atoms with Gasteiger partial charge in [0.25, 0.3) is 0 Å². The van der Waals surface area contributed by atoms with E-state index in [0.717, 1.165) is 6.42 Å². The summed E-state index contributed by atoms with van der Waals surface area (Å²) in [5.74, 6) is 0. The topological polar surface area (TPSA) is 92.0 Å². The van der Waals surface area contributed by atoms with Gasteiger partial charge in [0.05, 0.1) is 33.0 Å². The van der Waals surface area contributed by atoms with Crippen molar-refractivity contribution >= 4 is 6.09 Å². The predicted octanol–water partition coefficient (Wildman–Crippen LogP) is 1.30. The average Bonchev–Trinajstić information content (AvgIpc) is 2.42. The number of amides is 1. The fraction of sp³-hybridized carbons (Fsp3) is 0.933. The number of rotatable bonds is 13. The number of nitrogens with one attached hydrogen (secondary N) is 1. The van der Waals surface area contributed by atoms with Crippen LogP contribution in [0.15, 0.2) is 0 Å². The quantitative estimate of drug-likeness (QED) is 0.497. The summed E-state index contributed by atoms with van der Waals surface area (Å²) in [4.78, 5) is 11.3. The Hall–Kier alpha value is -0.890. The summed E-state index contributed by atoms with van der Waals surface area (Å²) in [6.07, 6.45) is 1.14. The van der Waals surface area contributed by atoms with E-state index in [4.69, 9.17) is 24.7 Å². The maximum atomic E-state index is 11.3. The highest BCUT2D eigenvalue weighted by Gasteiger charge is 2.13. The molecule has 0 aromatic rings. The van der Waals surface area contributed by atoms with Crippen molar-refractivity contribution in [2.75, 3.05) is 52.8 Å². The van der Waals surface area contributed by atoms with Gasteiger partial charge in [-0.25, -0.2) is 4.79 Å². The molecule has 0 unspecified atom stereocenters. The summed E-state index contributed by atoms with van der Waals surface area (Å²) in [6.45, 7) is 10.1. The lowest BCUT2D eigenvalue weighted by Crippen LogP contribution is -2.41. The van der Waals surface area contributed by atoms with E-state index in [0.29, 0.717) is 59.2 Å². The Bertz CT molecular complexity index is 269. The van der Waals surface area contributed by atoms with Gasteiger partial charge in [-0.1, -0.05) is 0 Å². The van der Waals surface area contributed by atoms with Crippen LogP contribution in [-0.4, -0.2) is 64.4 Å². The highest BCUT2D eigenvalue weighted by atomic mass is 16.6. The second kappa shape index (κ2) is 13.8. The molecule has 0 spiro atoms. The first-order valence-corrected chi connectivity index (χ1v) is 7.84. The summed E-state index contributed by atoms with van der Waals surface area (Å²) < 4.78 is 21.0. The van der Waals surface area contributed by atoms with E-state index < -0.39 is 6.09 Å². The molecule has 7 nitrogen and oxygen atoms in total. The molecule has 132 valence electrons. The van der Waals surface area contributed by atoms with E-state index in [1.807, 2.05) is 20.8 Å². The Morgan fingerprint density at radius 1 is 0.864 bits per heavy atom. The van der Waals surface area contributed by atoms with Crippen LogP contribution in [0.3, 0.4) is 0 Å². The first-order valence-electron chi connectivity index (χ1n) is 7.84. The van der Waals surface area contributed by atoms with Crippen molar-refractivity contribution < 1.29 is 23.7 Å². The number of ether oxygens (including phenoxy) is 4. The number of hydrogen-bond acceptors (Lipinski definition) is 6. The molecule has 0 aliphatic carbocycles. The maximum Gasteiger partial charge on any atom is 0.407 e. The van der Waals surface area contributed by atoms with Gasteiger partial charge >= 0.3 is 6.09 Å². The predicted molar refractivity (Wildman–Crippen MR) is 85.0 cm³/mol. The van der Waals surface area contributed by atoms with Crippen molar-refractivity contribution in [2.45, 2.75) is 39.2 Å². The number of nitrogens with two attached hydrogens (primary N) is 1. The first kappa shape index (κ1) is 21.1. The zero-order valence-corrected chi connectivity index (χ0v) is 14.2. The van der Waals surface area contributed by atoms with E-state index in [2.05, 4.69) is 5.32 Å². The fourth-order valence-electron chi connectivity index (χ4n) is 1.40. The summed E-state index contributed by atoms with van der Waals surface area (Å²) >= 11 is 0. The molecule has 0 bridgehead atoms. The molecule has 0 aromatic carbocycles. The molecule has 0 aliphatic rings. The molecule has 0 rings (SSSR count). The fourth-order valence-corrected chi connectivity index (χ4v) is 1.40. The zero-order chi connectivity index (χ0) is 16.7. The van der Waals surface area contributed by atoms with Crippen LogP contribution in [-0.2, 0) is 18.9 Å². The third-order valence-corrected chi connectivity index (χ3v) is 2.38. The molecule has 0 heterocycles. The Morgan fingerprint density at radius 3 is 1.86 bits per heavy atom. The van der Waals surface area contributed by atoms with Crippen LogP contribution in [0.25, 0.3) is 0 Å². The minimum atomic E-state index is -0.398. The molecule has 0 fully saturated rings. The Morgan fingerprint density at radius 2 is 1.36 bits per heavy atom. The maximum absolute atomic E-state index is 11.3. The number of hydrogen-bond donors (Lipinski definition) is 2. The van der Waals surface area contributed by atoms with E-state index in [1.165, 1.54) is 0 Å². The Balaban J connectivity index is 3.16. The molecule has 0 saturated heterocycles. The van der Waals surface area contributed by atoms with Gasteiger partial charge in [-0.2, -0.15) is 0 Å². The van der Waals surface area contributed by atoms with Crippen LogP contribution in [0.2, 0.25) is 0 Å². The third-order valence-electron chi connectivity index (χ3n) is 2.38. The summed E-state index contributed by atoms with van der Waals surface area (Å²) in [6, 6.07) is 0. The van der Waals surface area contributed by atoms with Gasteiger partial charge < -0.3 is 30.0 Å². The number of carbonyl (C=O) groups excluding carboxylic acids is 1. The van der Waals surface area contributed by atoms with Crippen LogP contribution in [0.5, 0.6) is 0 Å². The summed E-state index contributed by atoms with van der Waals surface area (Å²) in [5, 5.41) is 2.72. The van der Waals surface area contributed by atoms with E-state index >= 15 is 0 Å². The van der Waals surface area contributed by atoms with Crippen molar-refractivity contribution in [2.24, 2.45) is 5.73 Å². The van der Waals surface area contributed by atoms with Gasteiger partial charge in [-0.15, -0.1) is 0 Å². The second-order valence-corrected chi connectivity index (χ2v) is 5.84. The summed E-state index contributed by atoms with van der Waals surface area (Å²) in [5.41, 5.74) is 5.06. The van der Waals surface area contributed by atoms with Crippen molar-refractivity contribution in [3.63, 3.8) is 0 Å². The minimum Gasteiger partial charge on any atom is -0.449 e. The molecule has 22 heavy (non-hydrogen) atoms. The minimum absolute atomic E-state index is 0.279. The van der Waals surface area contributed by atoms with E-state index in [9.17, 15) is 4.79 Å². The largest absolute Gasteiger partial charge is 0.449 e. The lowest BCUT2D eigenvalue weighted by Gasteiger charge is -2.19. The van der Waals surface area contributed by atoms with Gasteiger partial charge in [-0.05, 0) is 33.7 Å². The van der Waals surface area contributed by atoms with Gasteiger partial charge in [0.1, 0.15) is 0 Å². The Kier molecular flexibility index (Phi) is 13.2. The highest BCUT2D eigenvalue weighted by molar-refractivity contribution is 5.67. The molecule has 1 amide bonds. The molecule has 3 N–H and O–H groups in total. The normalized spacial score (nSPS) is 11.5. The smallest absolute Gasteiger partial charge is 0.407 e. The average molecular weight is 320 g/mol. The van der Waals surface area contributed by atoms with E-state index in [1.54, 1.807) is 0 Å². The number of carbonyl (C=O) groups is 1. The Labute approximate surface area is 133 Å². The summed E-state index contributed by atoms with van der Waals surface area (Å²) in [7, 11) is 0. The van der Waals surface area contributed by atoms with Gasteiger partial charge in [0.15, 0.2) is 0 Å². The van der Waals surface area contributed by atoms with Crippen molar-refractivity contribution in [1.82, 2.24) is 5.32 Å². The highest BCUT2D eigenvalue weighted by Crippen LogP contribution is 1.99. The van der Waals surface area contributed by atoms with Crippen LogP contribution >= 0.6 is 0 Å². The standard InChI is InChI=1S/C15H32N2O5/c1-15(2,3)17-14(18)22-9-5-8-20-11-13-21-12-10-19-7-4-6-16/h4-13,16H2,1-3H3,(H,17,18). The molecule has 0 radical (unpaired) electrons. The van der Waals surface area contributed by atoms with E-state index in [-0.39, 0.29) is 5.54 Å². The lowest BCUT2D eigenvalue weighted by atomic mass is 10.1. The van der Waals surface area contributed by atoms with Crippen LogP contribution < -0.4 is 11.1 Å². The molecule has 0 aliphatic heterocycles. The van der Waals surface area contributed by atoms with Gasteiger partial charge in [0.2, 0.25) is 0 Å². The van der Waals surface area contributed by atoms with Crippen LogP contribution in [0.1, 0.15) is 33.6 Å².